The van der Waals surface area contributed by atoms with E-state index in [-0.39, 0.29) is 0 Å². The average molecular weight is 238 g/mol. The van der Waals surface area contributed by atoms with Crippen LogP contribution in [0.2, 0.25) is 0 Å². The van der Waals surface area contributed by atoms with E-state index in [4.69, 9.17) is 0 Å². The third-order valence-corrected chi connectivity index (χ3v) is 4.80. The Bertz CT molecular complexity index is 211. The second-order valence-corrected chi connectivity index (χ2v) is 6.09. The SMILES string of the molecule is CCC(C)NC1CCCCC1C1CCCCN1. The normalized spacial score (nSPS) is 36.7. The summed E-state index contributed by atoms with van der Waals surface area (Å²) in [4.78, 5) is 0. The summed E-state index contributed by atoms with van der Waals surface area (Å²) in [6.07, 6.45) is 11.2. The van der Waals surface area contributed by atoms with Gasteiger partial charge in [-0.05, 0) is 51.5 Å². The first-order valence-corrected chi connectivity index (χ1v) is 7.80. The fraction of sp³-hybridized carbons (Fsp3) is 1.00. The maximum atomic E-state index is 3.88. The van der Waals surface area contributed by atoms with E-state index in [2.05, 4.69) is 24.5 Å². The predicted molar refractivity (Wildman–Crippen MR) is 74.3 cm³/mol. The molecule has 0 radical (unpaired) electrons. The van der Waals surface area contributed by atoms with Crippen LogP contribution in [0.15, 0.2) is 0 Å². The summed E-state index contributed by atoms with van der Waals surface area (Å²) in [5, 5.41) is 7.65. The summed E-state index contributed by atoms with van der Waals surface area (Å²) >= 11 is 0. The van der Waals surface area contributed by atoms with Crippen LogP contribution in [0.3, 0.4) is 0 Å². The van der Waals surface area contributed by atoms with Crippen molar-refractivity contribution in [2.24, 2.45) is 5.92 Å². The Morgan fingerprint density at radius 3 is 2.59 bits per heavy atom. The molecule has 2 rings (SSSR count). The van der Waals surface area contributed by atoms with Gasteiger partial charge in [-0.1, -0.05) is 26.2 Å². The monoisotopic (exact) mass is 238 g/mol. The van der Waals surface area contributed by atoms with E-state index in [1.165, 1.54) is 57.9 Å². The lowest BCUT2D eigenvalue weighted by atomic mass is 9.77. The smallest absolute Gasteiger partial charge is 0.0113 e. The quantitative estimate of drug-likeness (QED) is 0.786. The van der Waals surface area contributed by atoms with Crippen LogP contribution in [-0.4, -0.2) is 24.7 Å². The Balaban J connectivity index is 1.90. The van der Waals surface area contributed by atoms with Crippen LogP contribution in [0.4, 0.5) is 0 Å². The van der Waals surface area contributed by atoms with Crippen molar-refractivity contribution in [1.82, 2.24) is 10.6 Å². The van der Waals surface area contributed by atoms with Gasteiger partial charge in [0.1, 0.15) is 0 Å². The maximum absolute atomic E-state index is 3.88. The molecule has 2 nitrogen and oxygen atoms in total. The van der Waals surface area contributed by atoms with E-state index in [0.717, 1.165) is 18.0 Å². The van der Waals surface area contributed by atoms with E-state index in [9.17, 15) is 0 Å². The van der Waals surface area contributed by atoms with E-state index >= 15 is 0 Å². The number of hydrogen-bond donors (Lipinski definition) is 2. The van der Waals surface area contributed by atoms with Crippen molar-refractivity contribution in [2.45, 2.75) is 83.3 Å². The Morgan fingerprint density at radius 2 is 1.88 bits per heavy atom. The van der Waals surface area contributed by atoms with Crippen molar-refractivity contribution in [3.8, 4) is 0 Å². The lowest BCUT2D eigenvalue weighted by Crippen LogP contribution is -2.52. The highest BCUT2D eigenvalue weighted by atomic mass is 15.0. The number of nitrogens with one attached hydrogen (secondary N) is 2. The first-order valence-electron chi connectivity index (χ1n) is 7.80. The molecule has 1 saturated carbocycles. The lowest BCUT2D eigenvalue weighted by Gasteiger charge is -2.41. The summed E-state index contributed by atoms with van der Waals surface area (Å²) in [7, 11) is 0. The van der Waals surface area contributed by atoms with Crippen LogP contribution >= 0.6 is 0 Å². The maximum Gasteiger partial charge on any atom is 0.0113 e. The van der Waals surface area contributed by atoms with Gasteiger partial charge in [-0.2, -0.15) is 0 Å². The zero-order valence-electron chi connectivity index (χ0n) is 11.7. The summed E-state index contributed by atoms with van der Waals surface area (Å²) in [5.74, 6) is 0.887. The van der Waals surface area contributed by atoms with Crippen LogP contribution in [0.1, 0.15) is 65.2 Å². The predicted octanol–water partition coefficient (Wildman–Crippen LogP) is 3.08. The molecule has 1 saturated heterocycles. The van der Waals surface area contributed by atoms with Gasteiger partial charge in [0.05, 0.1) is 0 Å². The van der Waals surface area contributed by atoms with Gasteiger partial charge in [-0.25, -0.2) is 0 Å². The van der Waals surface area contributed by atoms with Gasteiger partial charge in [0.15, 0.2) is 0 Å². The van der Waals surface area contributed by atoms with E-state index < -0.39 is 0 Å². The van der Waals surface area contributed by atoms with Crippen molar-refractivity contribution >= 4 is 0 Å². The number of piperidine rings is 1. The van der Waals surface area contributed by atoms with Crippen LogP contribution in [0.5, 0.6) is 0 Å². The molecule has 1 aliphatic heterocycles. The molecule has 0 bridgehead atoms. The molecule has 0 aromatic carbocycles. The largest absolute Gasteiger partial charge is 0.314 e. The molecule has 2 N–H and O–H groups in total. The molecule has 0 spiro atoms. The Kier molecular flexibility index (Phi) is 5.30. The highest BCUT2D eigenvalue weighted by Gasteiger charge is 2.32. The fourth-order valence-corrected chi connectivity index (χ4v) is 3.58. The fourth-order valence-electron chi connectivity index (χ4n) is 3.58. The van der Waals surface area contributed by atoms with Gasteiger partial charge in [0.25, 0.3) is 0 Å². The topological polar surface area (TPSA) is 24.1 Å². The molecule has 1 aliphatic carbocycles. The minimum Gasteiger partial charge on any atom is -0.314 e. The molecule has 2 fully saturated rings. The van der Waals surface area contributed by atoms with Crippen molar-refractivity contribution in [1.29, 1.82) is 0 Å². The molecular weight excluding hydrogens is 208 g/mol. The van der Waals surface area contributed by atoms with Crippen LogP contribution in [0, 0.1) is 5.92 Å². The first-order chi connectivity index (χ1) is 8.31. The minimum atomic E-state index is 0.684. The van der Waals surface area contributed by atoms with Crippen LogP contribution in [0.25, 0.3) is 0 Å². The third kappa shape index (κ3) is 3.69. The van der Waals surface area contributed by atoms with E-state index in [0.29, 0.717) is 6.04 Å². The van der Waals surface area contributed by atoms with Crippen LogP contribution in [-0.2, 0) is 0 Å². The van der Waals surface area contributed by atoms with Gasteiger partial charge < -0.3 is 10.6 Å². The third-order valence-electron chi connectivity index (χ3n) is 4.80. The van der Waals surface area contributed by atoms with Gasteiger partial charge in [-0.3, -0.25) is 0 Å². The molecule has 0 aromatic heterocycles. The zero-order valence-corrected chi connectivity index (χ0v) is 11.7. The molecule has 17 heavy (non-hydrogen) atoms. The van der Waals surface area contributed by atoms with E-state index in [1.807, 2.05) is 0 Å². The van der Waals surface area contributed by atoms with Crippen molar-refractivity contribution in [3.05, 3.63) is 0 Å². The highest BCUT2D eigenvalue weighted by molar-refractivity contribution is 4.91. The van der Waals surface area contributed by atoms with Crippen LogP contribution < -0.4 is 10.6 Å². The van der Waals surface area contributed by atoms with Gasteiger partial charge >= 0.3 is 0 Å². The summed E-state index contributed by atoms with van der Waals surface area (Å²) in [5.41, 5.74) is 0. The minimum absolute atomic E-state index is 0.684. The molecule has 0 amide bonds. The Labute approximate surface area is 107 Å². The van der Waals surface area contributed by atoms with Gasteiger partial charge in [0.2, 0.25) is 0 Å². The molecule has 4 unspecified atom stereocenters. The van der Waals surface area contributed by atoms with Crippen molar-refractivity contribution in [2.75, 3.05) is 6.54 Å². The standard InChI is InChI=1S/C15H30N2/c1-3-12(2)17-15-10-5-4-8-13(15)14-9-6-7-11-16-14/h12-17H,3-11H2,1-2H3. The van der Waals surface area contributed by atoms with Gasteiger partial charge in [0, 0.05) is 18.1 Å². The second-order valence-electron chi connectivity index (χ2n) is 6.09. The first kappa shape index (κ1) is 13.4. The molecule has 4 atom stereocenters. The Morgan fingerprint density at radius 1 is 1.12 bits per heavy atom. The molecule has 2 aliphatic rings. The molecule has 2 heteroatoms. The highest BCUT2D eigenvalue weighted by Crippen LogP contribution is 2.30. The Hall–Kier alpha value is -0.0800. The van der Waals surface area contributed by atoms with E-state index in [1.54, 1.807) is 0 Å². The number of hydrogen-bond acceptors (Lipinski definition) is 2. The summed E-state index contributed by atoms with van der Waals surface area (Å²) in [6.45, 7) is 5.87. The average Bonchev–Trinajstić information content (AvgIpc) is 2.40. The zero-order chi connectivity index (χ0) is 12.1. The summed E-state index contributed by atoms with van der Waals surface area (Å²) < 4.78 is 0. The lowest BCUT2D eigenvalue weighted by molar-refractivity contribution is 0.173. The molecular formula is C15H30N2. The van der Waals surface area contributed by atoms with Crippen molar-refractivity contribution < 1.29 is 0 Å². The summed E-state index contributed by atoms with van der Waals surface area (Å²) in [6, 6.07) is 2.25. The molecule has 100 valence electrons. The van der Waals surface area contributed by atoms with Crippen molar-refractivity contribution in [3.63, 3.8) is 0 Å². The van der Waals surface area contributed by atoms with Gasteiger partial charge in [-0.15, -0.1) is 0 Å². The number of rotatable bonds is 4. The molecule has 0 aromatic rings. The second kappa shape index (κ2) is 6.75. The molecule has 1 heterocycles.